The molecule has 0 unspecified atom stereocenters. The van der Waals surface area contributed by atoms with Crippen LogP contribution in [0.4, 0.5) is 43.9 Å². The third-order valence-corrected chi connectivity index (χ3v) is 11.2. The lowest BCUT2D eigenvalue weighted by atomic mass is 10.3. The van der Waals surface area contributed by atoms with Gasteiger partial charge in [-0.1, -0.05) is 4.13 Å². The summed E-state index contributed by atoms with van der Waals surface area (Å²) in [7, 11) is -30.0. The van der Waals surface area contributed by atoms with Crippen LogP contribution in [0.5, 0.6) is 11.5 Å². The van der Waals surface area contributed by atoms with Crippen molar-refractivity contribution in [1.82, 2.24) is 4.13 Å². The van der Waals surface area contributed by atoms with Gasteiger partial charge in [0.2, 0.25) is 11.5 Å². The molecule has 39 heavy (non-hydrogen) atoms. The van der Waals surface area contributed by atoms with Gasteiger partial charge >= 0.3 is 49.5 Å². The van der Waals surface area contributed by atoms with Gasteiger partial charge in [0.1, 0.15) is 11.6 Å². The Morgan fingerprint density at radius 3 is 0.974 bits per heavy atom. The summed E-state index contributed by atoms with van der Waals surface area (Å²) in [4.78, 5) is 0. The van der Waals surface area contributed by atoms with Crippen LogP contribution in [0.15, 0.2) is 24.3 Å². The Labute approximate surface area is 210 Å². The highest BCUT2D eigenvalue weighted by Crippen LogP contribution is 2.37. The molecule has 2 rings (SSSR count). The van der Waals surface area contributed by atoms with Crippen LogP contribution < -0.4 is 12.5 Å². The molecule has 0 saturated heterocycles. The van der Waals surface area contributed by atoms with Gasteiger partial charge in [0.05, 0.1) is 0 Å². The fraction of sp³-hybridized carbons (Fsp3) is 0.143. The largest absolute Gasteiger partial charge is 0.496 e. The van der Waals surface area contributed by atoms with E-state index in [4.69, 9.17) is 0 Å². The second-order valence-corrected chi connectivity index (χ2v) is 13.9. The first-order valence-electron chi connectivity index (χ1n) is 8.50. The number of hydrogen-bond donors (Lipinski definition) is 1. The van der Waals surface area contributed by atoms with Crippen LogP contribution in [-0.4, -0.2) is 42.8 Å². The highest BCUT2D eigenvalue weighted by Gasteiger charge is 2.67. The van der Waals surface area contributed by atoms with E-state index in [0.717, 1.165) is 0 Å². The number of benzene rings is 2. The average molecular weight is 665 g/mol. The number of hydrogen-bond acceptors (Lipinski definition) is 10. The summed E-state index contributed by atoms with van der Waals surface area (Å²) in [5, 5.41) is 0. The molecule has 0 heterocycles. The van der Waals surface area contributed by atoms with Crippen LogP contribution >= 0.6 is 0 Å². The molecule has 220 valence electrons. The summed E-state index contributed by atoms with van der Waals surface area (Å²) >= 11 is 0. The van der Waals surface area contributed by atoms with E-state index in [0.29, 0.717) is 0 Å². The molecule has 1 N–H and O–H groups in total. The van der Waals surface area contributed by atoms with Gasteiger partial charge in [-0.05, 0) is 0 Å². The molecule has 0 aliphatic carbocycles. The van der Waals surface area contributed by atoms with Crippen molar-refractivity contribution in [3.63, 3.8) is 0 Å². The third kappa shape index (κ3) is 5.85. The van der Waals surface area contributed by atoms with E-state index in [9.17, 15) is 77.6 Å². The summed E-state index contributed by atoms with van der Waals surface area (Å²) in [6.45, 7) is 0. The summed E-state index contributed by atoms with van der Waals surface area (Å²) in [6, 6.07) is -1.44. The van der Waals surface area contributed by atoms with E-state index in [1.54, 1.807) is 0 Å². The Hall–Kier alpha value is -2.90. The summed E-state index contributed by atoms with van der Waals surface area (Å²) in [5.74, 6) is -17.8. The van der Waals surface area contributed by atoms with Crippen molar-refractivity contribution in [2.75, 3.05) is 0 Å². The number of alkyl halides is 4. The zero-order valence-electron chi connectivity index (χ0n) is 17.3. The fourth-order valence-electron chi connectivity index (χ4n) is 2.04. The van der Waals surface area contributed by atoms with E-state index >= 15 is 0 Å². The molecule has 0 fully saturated rings. The first-order chi connectivity index (χ1) is 17.3. The Morgan fingerprint density at radius 1 is 0.513 bits per heavy atom. The van der Waals surface area contributed by atoms with Crippen LogP contribution in [0, 0.1) is 34.9 Å². The van der Waals surface area contributed by atoms with Crippen molar-refractivity contribution in [1.29, 1.82) is 0 Å². The molecule has 0 amide bonds. The quantitative estimate of drug-likeness (QED) is 0.293. The van der Waals surface area contributed by atoms with Crippen LogP contribution in [0.25, 0.3) is 0 Å². The summed E-state index contributed by atoms with van der Waals surface area (Å²) in [6.07, 6.45) is 0. The lowest BCUT2D eigenvalue weighted by molar-refractivity contribution is 0.161. The summed E-state index contributed by atoms with van der Waals surface area (Å²) < 4.78 is 222. The maximum Gasteiger partial charge on any atom is 0.496 e. The standard InChI is InChI=1S/C14H5F10NO10S4/c15-5-1-7(17)11(8(18)2-5)34-38(30,31)13(21,22)36(26,27)25-37(28,29)14(23,24)39(32,33)35-12-9(19)3-6(16)4-10(12)20/h1-4,25H. The lowest BCUT2D eigenvalue weighted by Gasteiger charge is -2.21. The SMILES string of the molecule is O=S(=O)(NS(=O)(=O)C(F)(F)S(=O)(=O)Oc1c(F)cc(F)cc1F)C(F)(F)S(=O)(=O)Oc1c(F)cc(F)cc1F. The number of nitrogens with one attached hydrogen (secondary N) is 1. The van der Waals surface area contributed by atoms with Gasteiger partial charge < -0.3 is 8.37 Å². The Bertz CT molecular complexity index is 1590. The summed E-state index contributed by atoms with van der Waals surface area (Å²) in [5.41, 5.74) is 0. The maximum absolute atomic E-state index is 14.2. The van der Waals surface area contributed by atoms with Crippen LogP contribution in [0.2, 0.25) is 0 Å². The molecule has 11 nitrogen and oxygen atoms in total. The molecule has 2 aromatic rings. The Balaban J connectivity index is 2.48. The Kier molecular flexibility index (Phi) is 8.23. The highest BCUT2D eigenvalue weighted by molar-refractivity contribution is 8.16. The van der Waals surface area contributed by atoms with Gasteiger partial charge in [-0.3, -0.25) is 0 Å². The minimum absolute atomic E-state index is 0.360. The van der Waals surface area contributed by atoms with Gasteiger partial charge in [-0.15, -0.1) is 0 Å². The smallest absolute Gasteiger partial charge is 0.371 e. The molecular formula is C14H5F10NO10S4. The molecule has 0 bridgehead atoms. The van der Waals surface area contributed by atoms with Crippen molar-refractivity contribution in [2.45, 2.75) is 9.17 Å². The zero-order chi connectivity index (χ0) is 30.6. The van der Waals surface area contributed by atoms with Crippen LogP contribution in [0.3, 0.4) is 0 Å². The predicted octanol–water partition coefficient (Wildman–Crippen LogP) is 1.99. The average Bonchev–Trinajstić information content (AvgIpc) is 2.72. The third-order valence-electron chi connectivity index (χ3n) is 3.74. The lowest BCUT2D eigenvalue weighted by Crippen LogP contribution is -2.54. The van der Waals surface area contributed by atoms with Crippen molar-refractivity contribution in [3.8, 4) is 11.5 Å². The van der Waals surface area contributed by atoms with E-state index < -0.39 is 100.0 Å². The van der Waals surface area contributed by atoms with E-state index in [-0.39, 0.29) is 24.3 Å². The molecule has 25 heteroatoms. The topological polar surface area (TPSA) is 167 Å². The minimum atomic E-state index is -7.67. The molecule has 0 radical (unpaired) electrons. The Morgan fingerprint density at radius 2 is 0.744 bits per heavy atom. The number of sulfonamides is 2. The first-order valence-corrected chi connectivity index (χ1v) is 14.3. The predicted molar refractivity (Wildman–Crippen MR) is 103 cm³/mol. The molecule has 0 aromatic heterocycles. The van der Waals surface area contributed by atoms with Crippen LogP contribution in [-0.2, 0) is 40.3 Å². The van der Waals surface area contributed by atoms with Gasteiger partial charge in [0, 0.05) is 24.3 Å². The number of halogens is 10. The van der Waals surface area contributed by atoms with Gasteiger partial charge in [0.25, 0.3) is 0 Å². The van der Waals surface area contributed by atoms with E-state index in [2.05, 4.69) is 8.37 Å². The minimum Gasteiger partial charge on any atom is -0.371 e. The normalized spacial score (nSPS) is 13.8. The van der Waals surface area contributed by atoms with Crippen molar-refractivity contribution < 1.29 is 85.9 Å². The van der Waals surface area contributed by atoms with Crippen molar-refractivity contribution >= 4 is 40.3 Å². The van der Waals surface area contributed by atoms with Crippen LogP contribution in [0.1, 0.15) is 0 Å². The maximum atomic E-state index is 14.2. The molecule has 2 aromatic carbocycles. The zero-order valence-corrected chi connectivity index (χ0v) is 20.6. The fourth-order valence-corrected chi connectivity index (χ4v) is 7.89. The molecule has 0 atom stereocenters. The highest BCUT2D eigenvalue weighted by atomic mass is 32.3. The second-order valence-electron chi connectivity index (χ2n) is 6.49. The molecule has 0 aliphatic rings. The van der Waals surface area contributed by atoms with Gasteiger partial charge in [0.15, 0.2) is 23.3 Å². The van der Waals surface area contributed by atoms with Crippen molar-refractivity contribution in [2.24, 2.45) is 0 Å². The van der Waals surface area contributed by atoms with E-state index in [1.807, 2.05) is 0 Å². The van der Waals surface area contributed by atoms with Gasteiger partial charge in [-0.25, -0.2) is 43.2 Å². The van der Waals surface area contributed by atoms with Crippen molar-refractivity contribution in [3.05, 3.63) is 59.2 Å². The monoisotopic (exact) mass is 665 g/mol. The molecule has 0 aliphatic heterocycles. The number of rotatable bonds is 10. The molecular weight excluding hydrogens is 660 g/mol. The molecule has 0 saturated carbocycles. The first kappa shape index (κ1) is 32.3. The molecule has 0 spiro atoms. The van der Waals surface area contributed by atoms with Gasteiger partial charge in [-0.2, -0.15) is 34.4 Å². The van der Waals surface area contributed by atoms with E-state index in [1.165, 1.54) is 0 Å². The second kappa shape index (κ2) is 9.93.